The molecule has 0 radical (unpaired) electrons. The summed E-state index contributed by atoms with van der Waals surface area (Å²) in [7, 11) is 0. The molecule has 5 rings (SSSR count). The molecule has 37 heavy (non-hydrogen) atoms. The number of para-hydroxylation sites is 1. The number of halogens is 1. The average molecular weight is 491 g/mol. The number of hydrogen-bond acceptors (Lipinski definition) is 4. The number of nitrogens with zero attached hydrogens (tertiary/aromatic N) is 1. The van der Waals surface area contributed by atoms with E-state index in [4.69, 9.17) is 4.74 Å². The lowest BCUT2D eigenvalue weighted by molar-refractivity contribution is -0.124. The first-order valence-corrected chi connectivity index (χ1v) is 11.8. The zero-order valence-electron chi connectivity index (χ0n) is 19.8. The van der Waals surface area contributed by atoms with Crippen molar-refractivity contribution >= 4 is 22.8 Å². The maximum Gasteiger partial charge on any atom is 0.339 e. The standard InChI is InChI=1S/C31H23FN2O3/c32-24-17-15-21(16-18-24)28-19-26(25-13-7-8-14-27(25)33-28)31(36)37-20-29(35)34-30(22-9-3-1-4-10-22)23-11-5-2-6-12-23/h1-19,30H,20H2,(H,34,35). The summed E-state index contributed by atoms with van der Waals surface area (Å²) in [5.74, 6) is -1.43. The van der Waals surface area contributed by atoms with Gasteiger partial charge in [0, 0.05) is 10.9 Å². The third-order valence-electron chi connectivity index (χ3n) is 5.98. The van der Waals surface area contributed by atoms with Crippen LogP contribution in [0.15, 0.2) is 115 Å². The summed E-state index contributed by atoms with van der Waals surface area (Å²) in [5, 5.41) is 3.57. The number of ether oxygens (including phenoxy) is 1. The number of amides is 1. The van der Waals surface area contributed by atoms with Crippen LogP contribution in [0.3, 0.4) is 0 Å². The van der Waals surface area contributed by atoms with E-state index in [1.165, 1.54) is 12.1 Å². The van der Waals surface area contributed by atoms with Crippen LogP contribution in [0.1, 0.15) is 27.5 Å². The van der Waals surface area contributed by atoms with Gasteiger partial charge in [-0.05, 0) is 47.5 Å². The van der Waals surface area contributed by atoms with E-state index < -0.39 is 18.5 Å². The Labute approximate surface area is 213 Å². The predicted molar refractivity (Wildman–Crippen MR) is 140 cm³/mol. The first kappa shape index (κ1) is 23.9. The molecule has 1 heterocycles. The SMILES string of the molecule is O=C(COC(=O)c1cc(-c2ccc(F)cc2)nc2ccccc12)NC(c1ccccc1)c1ccccc1. The molecule has 182 valence electrons. The number of carbonyl (C=O) groups is 2. The Balaban J connectivity index is 1.36. The highest BCUT2D eigenvalue weighted by Crippen LogP contribution is 2.26. The van der Waals surface area contributed by atoms with Gasteiger partial charge in [0.05, 0.1) is 22.8 Å². The normalized spacial score (nSPS) is 10.9. The molecule has 0 aliphatic rings. The second-order valence-electron chi connectivity index (χ2n) is 8.48. The summed E-state index contributed by atoms with van der Waals surface area (Å²) in [6.45, 7) is -0.447. The number of rotatable bonds is 7. The minimum absolute atomic E-state index is 0.278. The number of nitrogens with one attached hydrogen (secondary N) is 1. The minimum Gasteiger partial charge on any atom is -0.452 e. The van der Waals surface area contributed by atoms with Crippen LogP contribution in [0.25, 0.3) is 22.2 Å². The Hall–Kier alpha value is -4.84. The van der Waals surface area contributed by atoms with Gasteiger partial charge in [-0.25, -0.2) is 14.2 Å². The quantitative estimate of drug-likeness (QED) is 0.280. The van der Waals surface area contributed by atoms with Crippen molar-refractivity contribution in [2.45, 2.75) is 6.04 Å². The van der Waals surface area contributed by atoms with E-state index in [-0.39, 0.29) is 17.4 Å². The van der Waals surface area contributed by atoms with E-state index in [1.807, 2.05) is 66.7 Å². The van der Waals surface area contributed by atoms with Gasteiger partial charge in [0.15, 0.2) is 6.61 Å². The van der Waals surface area contributed by atoms with E-state index in [0.717, 1.165) is 11.1 Å². The van der Waals surface area contributed by atoms with Gasteiger partial charge >= 0.3 is 5.97 Å². The molecule has 1 amide bonds. The van der Waals surface area contributed by atoms with E-state index in [9.17, 15) is 14.0 Å². The van der Waals surface area contributed by atoms with Crippen LogP contribution in [0.5, 0.6) is 0 Å². The van der Waals surface area contributed by atoms with Crippen LogP contribution >= 0.6 is 0 Å². The fraction of sp³-hybridized carbons (Fsp3) is 0.0645. The molecule has 0 saturated carbocycles. The van der Waals surface area contributed by atoms with Crippen molar-refractivity contribution in [3.8, 4) is 11.3 Å². The predicted octanol–water partition coefficient (Wildman–Crippen LogP) is 6.10. The molecular weight excluding hydrogens is 467 g/mol. The number of carbonyl (C=O) groups excluding carboxylic acids is 2. The summed E-state index contributed by atoms with van der Waals surface area (Å²) < 4.78 is 18.9. The van der Waals surface area contributed by atoms with Crippen molar-refractivity contribution in [2.24, 2.45) is 0 Å². The van der Waals surface area contributed by atoms with Crippen LogP contribution in [-0.2, 0) is 9.53 Å². The van der Waals surface area contributed by atoms with Crippen LogP contribution in [0.4, 0.5) is 4.39 Å². The molecule has 5 nitrogen and oxygen atoms in total. The molecule has 0 bridgehead atoms. The van der Waals surface area contributed by atoms with E-state index in [0.29, 0.717) is 22.2 Å². The maximum absolute atomic E-state index is 13.4. The van der Waals surface area contributed by atoms with Crippen molar-refractivity contribution in [1.29, 1.82) is 0 Å². The molecule has 0 unspecified atom stereocenters. The molecule has 5 aromatic rings. The van der Waals surface area contributed by atoms with Crippen molar-refractivity contribution in [3.63, 3.8) is 0 Å². The summed E-state index contributed by atoms with van der Waals surface area (Å²) >= 11 is 0. The van der Waals surface area contributed by atoms with Gasteiger partial charge in [-0.1, -0.05) is 78.9 Å². The Bertz CT molecular complexity index is 1500. The highest BCUT2D eigenvalue weighted by atomic mass is 19.1. The van der Waals surface area contributed by atoms with Crippen molar-refractivity contribution in [3.05, 3.63) is 138 Å². The Morgan fingerprint density at radius 1 is 0.784 bits per heavy atom. The Morgan fingerprint density at radius 2 is 1.38 bits per heavy atom. The van der Waals surface area contributed by atoms with Crippen LogP contribution in [-0.4, -0.2) is 23.5 Å². The van der Waals surface area contributed by atoms with Gasteiger partial charge in [-0.15, -0.1) is 0 Å². The fourth-order valence-electron chi connectivity index (χ4n) is 4.17. The van der Waals surface area contributed by atoms with Crippen LogP contribution < -0.4 is 5.32 Å². The molecule has 0 saturated heterocycles. The van der Waals surface area contributed by atoms with Gasteiger partial charge in [-0.3, -0.25) is 4.79 Å². The molecule has 1 aromatic heterocycles. The average Bonchev–Trinajstić information content (AvgIpc) is 2.95. The lowest BCUT2D eigenvalue weighted by Crippen LogP contribution is -2.33. The molecule has 0 aliphatic heterocycles. The smallest absolute Gasteiger partial charge is 0.339 e. The third-order valence-corrected chi connectivity index (χ3v) is 5.98. The fourth-order valence-corrected chi connectivity index (χ4v) is 4.17. The number of hydrogen-bond donors (Lipinski definition) is 1. The lowest BCUT2D eigenvalue weighted by Gasteiger charge is -2.20. The summed E-state index contributed by atoms with van der Waals surface area (Å²) in [4.78, 5) is 30.6. The Morgan fingerprint density at radius 3 is 2.03 bits per heavy atom. The molecule has 6 heteroatoms. The second-order valence-corrected chi connectivity index (χ2v) is 8.48. The first-order valence-electron chi connectivity index (χ1n) is 11.8. The number of esters is 1. The van der Waals surface area contributed by atoms with E-state index in [2.05, 4.69) is 10.3 Å². The lowest BCUT2D eigenvalue weighted by atomic mass is 9.99. The van der Waals surface area contributed by atoms with Gasteiger partial charge < -0.3 is 10.1 Å². The zero-order chi connectivity index (χ0) is 25.6. The number of benzene rings is 4. The van der Waals surface area contributed by atoms with Gasteiger partial charge in [0.1, 0.15) is 5.82 Å². The molecular formula is C31H23FN2O3. The van der Waals surface area contributed by atoms with Crippen molar-refractivity contribution in [1.82, 2.24) is 10.3 Å². The molecule has 0 fully saturated rings. The van der Waals surface area contributed by atoms with Gasteiger partial charge in [0.2, 0.25) is 0 Å². The molecule has 0 aliphatic carbocycles. The van der Waals surface area contributed by atoms with Crippen LogP contribution in [0, 0.1) is 5.82 Å². The highest BCUT2D eigenvalue weighted by molar-refractivity contribution is 6.05. The molecule has 0 spiro atoms. The molecule has 0 atom stereocenters. The Kier molecular flexibility index (Phi) is 6.99. The summed E-state index contributed by atoms with van der Waals surface area (Å²) in [6.07, 6.45) is 0. The number of aromatic nitrogens is 1. The topological polar surface area (TPSA) is 68.3 Å². The molecule has 1 N–H and O–H groups in total. The number of fused-ring (bicyclic) bond motifs is 1. The van der Waals surface area contributed by atoms with Crippen LogP contribution in [0.2, 0.25) is 0 Å². The van der Waals surface area contributed by atoms with Gasteiger partial charge in [0.25, 0.3) is 5.91 Å². The van der Waals surface area contributed by atoms with Crippen molar-refractivity contribution in [2.75, 3.05) is 6.61 Å². The van der Waals surface area contributed by atoms with E-state index in [1.54, 1.807) is 36.4 Å². The second kappa shape index (κ2) is 10.8. The maximum atomic E-state index is 13.4. The zero-order valence-corrected chi connectivity index (χ0v) is 19.8. The third kappa shape index (κ3) is 5.54. The van der Waals surface area contributed by atoms with Crippen molar-refractivity contribution < 1.29 is 18.7 Å². The summed E-state index contributed by atoms with van der Waals surface area (Å²) in [6, 6.07) is 33.5. The highest BCUT2D eigenvalue weighted by Gasteiger charge is 2.20. The number of pyridine rings is 1. The summed E-state index contributed by atoms with van der Waals surface area (Å²) in [5.41, 5.74) is 3.86. The van der Waals surface area contributed by atoms with E-state index >= 15 is 0 Å². The minimum atomic E-state index is -0.645. The van der Waals surface area contributed by atoms with Gasteiger partial charge in [-0.2, -0.15) is 0 Å². The largest absolute Gasteiger partial charge is 0.452 e. The molecule has 4 aromatic carbocycles. The monoisotopic (exact) mass is 490 g/mol. The first-order chi connectivity index (χ1) is 18.1.